The first-order valence-corrected chi connectivity index (χ1v) is 6.44. The van der Waals surface area contributed by atoms with E-state index in [1.165, 1.54) is 0 Å². The van der Waals surface area contributed by atoms with Crippen molar-refractivity contribution in [1.82, 2.24) is 15.1 Å². The molecule has 1 aliphatic rings. The molecule has 5 heteroatoms. The van der Waals surface area contributed by atoms with Crippen LogP contribution in [-0.4, -0.2) is 32.9 Å². The van der Waals surface area contributed by atoms with Gasteiger partial charge in [-0.3, -0.25) is 9.48 Å². The van der Waals surface area contributed by atoms with E-state index in [1.54, 1.807) is 4.68 Å². The van der Waals surface area contributed by atoms with E-state index >= 15 is 0 Å². The van der Waals surface area contributed by atoms with Crippen LogP contribution < -0.4 is 5.32 Å². The maximum Gasteiger partial charge on any atom is 0.244 e. The van der Waals surface area contributed by atoms with Gasteiger partial charge in [-0.25, -0.2) is 0 Å². The molecule has 1 amide bonds. The summed E-state index contributed by atoms with van der Waals surface area (Å²) in [6.07, 6.45) is 2.60. The number of amides is 1. The molecule has 1 heterocycles. The van der Waals surface area contributed by atoms with Gasteiger partial charge in [0.05, 0.1) is 11.3 Å². The molecule has 1 saturated carbocycles. The van der Waals surface area contributed by atoms with Crippen LogP contribution in [0, 0.1) is 13.8 Å². The first-order chi connectivity index (χ1) is 8.41. The number of nitrogens with one attached hydrogen (secondary N) is 1. The lowest BCUT2D eigenvalue weighted by atomic mass is 9.80. The van der Waals surface area contributed by atoms with Crippen molar-refractivity contribution >= 4 is 5.91 Å². The number of carbonyl (C=O) groups is 1. The van der Waals surface area contributed by atoms with Crippen LogP contribution in [0.25, 0.3) is 0 Å². The molecule has 0 spiro atoms. The van der Waals surface area contributed by atoms with Crippen LogP contribution in [0.3, 0.4) is 0 Å². The maximum atomic E-state index is 12.0. The molecule has 1 aromatic rings. The van der Waals surface area contributed by atoms with Gasteiger partial charge in [0.1, 0.15) is 6.04 Å². The fraction of sp³-hybridized carbons (Fsp3) is 0.692. The summed E-state index contributed by atoms with van der Waals surface area (Å²) in [7, 11) is 0. The number of aliphatic hydroxyl groups is 1. The summed E-state index contributed by atoms with van der Waals surface area (Å²) < 4.78 is 1.72. The summed E-state index contributed by atoms with van der Waals surface area (Å²) in [4.78, 5) is 12.0. The number of nitrogens with zero attached hydrogens (tertiary/aromatic N) is 2. The molecule has 1 unspecified atom stereocenters. The summed E-state index contributed by atoms with van der Waals surface area (Å²) in [5.41, 5.74) is 1.20. The Morgan fingerprint density at radius 1 is 1.61 bits per heavy atom. The van der Waals surface area contributed by atoms with Crippen molar-refractivity contribution in [2.24, 2.45) is 0 Å². The zero-order valence-corrected chi connectivity index (χ0v) is 11.2. The Kier molecular flexibility index (Phi) is 3.43. The van der Waals surface area contributed by atoms with Gasteiger partial charge in [0.2, 0.25) is 5.91 Å². The lowest BCUT2D eigenvalue weighted by Crippen LogP contribution is -2.49. The summed E-state index contributed by atoms with van der Waals surface area (Å²) in [5.74, 6) is -0.0958. The molecule has 18 heavy (non-hydrogen) atoms. The highest BCUT2D eigenvalue weighted by Gasteiger charge is 2.35. The topological polar surface area (TPSA) is 67.2 Å². The average Bonchev–Trinajstić information content (AvgIpc) is 2.61. The second-order valence-corrected chi connectivity index (χ2v) is 5.34. The van der Waals surface area contributed by atoms with Crippen LogP contribution in [0.15, 0.2) is 6.07 Å². The SMILES string of the molecule is Cc1cc(C)n(C(C)C(=O)NCC2(O)CCC2)n1. The summed E-state index contributed by atoms with van der Waals surface area (Å²) >= 11 is 0. The van der Waals surface area contributed by atoms with Crippen molar-refractivity contribution in [2.75, 3.05) is 6.54 Å². The predicted molar refractivity (Wildman–Crippen MR) is 68.2 cm³/mol. The molecular weight excluding hydrogens is 230 g/mol. The molecule has 5 nitrogen and oxygen atoms in total. The Morgan fingerprint density at radius 3 is 2.72 bits per heavy atom. The Balaban J connectivity index is 1.94. The highest BCUT2D eigenvalue weighted by Crippen LogP contribution is 2.30. The van der Waals surface area contributed by atoms with Gasteiger partial charge >= 0.3 is 0 Å². The molecule has 2 rings (SSSR count). The van der Waals surface area contributed by atoms with Gasteiger partial charge < -0.3 is 10.4 Å². The van der Waals surface area contributed by atoms with Gasteiger partial charge in [0.15, 0.2) is 0 Å². The molecule has 1 fully saturated rings. The second-order valence-electron chi connectivity index (χ2n) is 5.34. The third-order valence-corrected chi connectivity index (χ3v) is 3.67. The molecule has 1 aromatic heterocycles. The number of aromatic nitrogens is 2. The highest BCUT2D eigenvalue weighted by atomic mass is 16.3. The van der Waals surface area contributed by atoms with E-state index in [0.717, 1.165) is 30.7 Å². The van der Waals surface area contributed by atoms with E-state index in [0.29, 0.717) is 6.54 Å². The Hall–Kier alpha value is -1.36. The third kappa shape index (κ3) is 2.56. The van der Waals surface area contributed by atoms with Crippen molar-refractivity contribution in [3.63, 3.8) is 0 Å². The molecule has 0 aliphatic heterocycles. The monoisotopic (exact) mass is 251 g/mol. The zero-order chi connectivity index (χ0) is 13.3. The zero-order valence-electron chi connectivity index (χ0n) is 11.2. The first-order valence-electron chi connectivity index (χ1n) is 6.44. The first kappa shape index (κ1) is 13.1. The number of rotatable bonds is 4. The molecule has 0 saturated heterocycles. The minimum atomic E-state index is -0.676. The van der Waals surface area contributed by atoms with Gasteiger partial charge in [-0.2, -0.15) is 5.10 Å². The predicted octanol–water partition coefficient (Wildman–Crippen LogP) is 1.09. The Morgan fingerprint density at radius 2 is 2.28 bits per heavy atom. The van der Waals surface area contributed by atoms with Gasteiger partial charge in [0, 0.05) is 12.2 Å². The van der Waals surface area contributed by atoms with E-state index in [4.69, 9.17) is 0 Å². The number of aryl methyl sites for hydroxylation is 2. The smallest absolute Gasteiger partial charge is 0.244 e. The van der Waals surface area contributed by atoms with Crippen molar-refractivity contribution in [3.8, 4) is 0 Å². The van der Waals surface area contributed by atoms with Crippen molar-refractivity contribution in [2.45, 2.75) is 51.7 Å². The van der Waals surface area contributed by atoms with Crippen LogP contribution in [0.4, 0.5) is 0 Å². The Bertz CT molecular complexity index is 449. The fourth-order valence-electron chi connectivity index (χ4n) is 2.31. The third-order valence-electron chi connectivity index (χ3n) is 3.67. The average molecular weight is 251 g/mol. The molecule has 0 bridgehead atoms. The summed E-state index contributed by atoms with van der Waals surface area (Å²) in [6, 6.07) is 1.60. The van der Waals surface area contributed by atoms with Crippen LogP contribution in [0.5, 0.6) is 0 Å². The van der Waals surface area contributed by atoms with Crippen LogP contribution in [0.2, 0.25) is 0 Å². The lowest BCUT2D eigenvalue weighted by Gasteiger charge is -2.36. The molecule has 1 aliphatic carbocycles. The standard InChI is InChI=1S/C13H21N3O2/c1-9-7-10(2)16(15-9)11(3)12(17)14-8-13(18)5-4-6-13/h7,11,18H,4-6,8H2,1-3H3,(H,14,17). The van der Waals surface area contributed by atoms with Gasteiger partial charge in [0.25, 0.3) is 0 Å². The Labute approximate surface area is 107 Å². The van der Waals surface area contributed by atoms with Crippen LogP contribution in [0.1, 0.15) is 43.6 Å². The molecule has 0 radical (unpaired) electrons. The highest BCUT2D eigenvalue weighted by molar-refractivity contribution is 5.79. The molecule has 100 valence electrons. The van der Waals surface area contributed by atoms with Crippen LogP contribution >= 0.6 is 0 Å². The lowest BCUT2D eigenvalue weighted by molar-refractivity contribution is -0.126. The van der Waals surface area contributed by atoms with Crippen molar-refractivity contribution < 1.29 is 9.90 Å². The summed E-state index contributed by atoms with van der Waals surface area (Å²) in [5, 5.41) is 17.0. The van der Waals surface area contributed by atoms with E-state index in [2.05, 4.69) is 10.4 Å². The molecule has 2 N–H and O–H groups in total. The molecule has 0 aromatic carbocycles. The van der Waals surface area contributed by atoms with Crippen molar-refractivity contribution in [3.05, 3.63) is 17.5 Å². The van der Waals surface area contributed by atoms with Gasteiger partial charge in [-0.05, 0) is 46.1 Å². The number of carbonyl (C=O) groups excluding carboxylic acids is 1. The maximum absolute atomic E-state index is 12.0. The summed E-state index contributed by atoms with van der Waals surface area (Å²) in [6.45, 7) is 6.00. The van der Waals surface area contributed by atoms with E-state index in [-0.39, 0.29) is 11.9 Å². The molecule has 1 atom stereocenters. The van der Waals surface area contributed by atoms with Crippen LogP contribution in [-0.2, 0) is 4.79 Å². The van der Waals surface area contributed by atoms with Gasteiger partial charge in [-0.1, -0.05) is 0 Å². The van der Waals surface area contributed by atoms with E-state index in [1.807, 2.05) is 26.8 Å². The fourth-order valence-corrected chi connectivity index (χ4v) is 2.31. The van der Waals surface area contributed by atoms with Crippen molar-refractivity contribution in [1.29, 1.82) is 0 Å². The number of hydrogen-bond donors (Lipinski definition) is 2. The molecular formula is C13H21N3O2. The normalized spacial score (nSPS) is 19.1. The van der Waals surface area contributed by atoms with E-state index in [9.17, 15) is 9.90 Å². The van der Waals surface area contributed by atoms with E-state index < -0.39 is 5.60 Å². The van der Waals surface area contributed by atoms with Gasteiger partial charge in [-0.15, -0.1) is 0 Å². The minimum Gasteiger partial charge on any atom is -0.388 e. The largest absolute Gasteiger partial charge is 0.388 e. The number of hydrogen-bond acceptors (Lipinski definition) is 3. The quantitative estimate of drug-likeness (QED) is 0.842. The second kappa shape index (κ2) is 4.72. The minimum absolute atomic E-state index is 0.0958.